The van der Waals surface area contributed by atoms with E-state index < -0.39 is 0 Å². The van der Waals surface area contributed by atoms with Crippen molar-refractivity contribution < 1.29 is 0 Å². The lowest BCUT2D eigenvalue weighted by molar-refractivity contribution is 0.518. The van der Waals surface area contributed by atoms with Crippen molar-refractivity contribution in [3.63, 3.8) is 0 Å². The Bertz CT molecular complexity index is 686. The van der Waals surface area contributed by atoms with Gasteiger partial charge in [-0.25, -0.2) is 4.98 Å². The number of imidazole rings is 1. The van der Waals surface area contributed by atoms with Gasteiger partial charge in [0, 0.05) is 12.7 Å². The first-order valence-corrected chi connectivity index (χ1v) is 6.68. The molecule has 0 saturated heterocycles. The third kappa shape index (κ3) is 2.21. The molecule has 3 rings (SSSR count). The summed E-state index contributed by atoms with van der Waals surface area (Å²) in [5, 5.41) is 7.78. The van der Waals surface area contributed by atoms with Gasteiger partial charge in [-0.1, -0.05) is 17.3 Å². The van der Waals surface area contributed by atoms with Crippen LogP contribution in [-0.2, 0) is 19.0 Å². The van der Waals surface area contributed by atoms with Gasteiger partial charge in [0.2, 0.25) is 0 Å². The van der Waals surface area contributed by atoms with E-state index in [1.165, 1.54) is 5.56 Å². The molecule has 0 spiro atoms. The first-order chi connectivity index (χ1) is 9.29. The van der Waals surface area contributed by atoms with E-state index in [0.717, 1.165) is 29.9 Å². The highest BCUT2D eigenvalue weighted by molar-refractivity contribution is 6.16. The summed E-state index contributed by atoms with van der Waals surface area (Å²) in [5.74, 6) is 1.30. The molecule has 0 aliphatic rings. The SMILES string of the molecule is Cc1cccc2nc(CCl)n(CCn3ccnn3)c12. The van der Waals surface area contributed by atoms with Crippen LogP contribution in [0, 0.1) is 6.92 Å². The molecule has 2 heterocycles. The molecule has 1 aromatic carbocycles. The normalized spacial score (nSPS) is 11.3. The van der Waals surface area contributed by atoms with Crippen molar-refractivity contribution in [2.45, 2.75) is 25.9 Å². The quantitative estimate of drug-likeness (QED) is 0.687. The first kappa shape index (κ1) is 12.2. The van der Waals surface area contributed by atoms with E-state index in [2.05, 4.69) is 32.9 Å². The number of alkyl halides is 1. The van der Waals surface area contributed by atoms with E-state index in [1.54, 1.807) is 6.20 Å². The summed E-state index contributed by atoms with van der Waals surface area (Å²) in [4.78, 5) is 4.58. The van der Waals surface area contributed by atoms with Crippen LogP contribution in [0.15, 0.2) is 30.6 Å². The smallest absolute Gasteiger partial charge is 0.124 e. The van der Waals surface area contributed by atoms with Gasteiger partial charge in [0.25, 0.3) is 0 Å². The molecule has 19 heavy (non-hydrogen) atoms. The number of benzene rings is 1. The van der Waals surface area contributed by atoms with Gasteiger partial charge in [-0.15, -0.1) is 16.7 Å². The van der Waals surface area contributed by atoms with Crippen molar-refractivity contribution in [3.8, 4) is 0 Å². The molecule has 0 radical (unpaired) electrons. The van der Waals surface area contributed by atoms with Crippen molar-refractivity contribution in [1.82, 2.24) is 24.5 Å². The van der Waals surface area contributed by atoms with Gasteiger partial charge in [0.05, 0.1) is 29.7 Å². The Hall–Kier alpha value is -1.88. The fourth-order valence-corrected chi connectivity index (χ4v) is 2.51. The minimum Gasteiger partial charge on any atom is -0.325 e. The average molecular weight is 276 g/mol. The molecule has 0 N–H and O–H groups in total. The Balaban J connectivity index is 2.00. The Morgan fingerprint density at radius 2 is 2.16 bits per heavy atom. The molecular weight excluding hydrogens is 262 g/mol. The van der Waals surface area contributed by atoms with Crippen molar-refractivity contribution in [2.75, 3.05) is 0 Å². The van der Waals surface area contributed by atoms with Gasteiger partial charge in [-0.05, 0) is 18.6 Å². The maximum absolute atomic E-state index is 6.00. The van der Waals surface area contributed by atoms with Crippen LogP contribution in [0.5, 0.6) is 0 Å². The summed E-state index contributed by atoms with van der Waals surface area (Å²) in [6, 6.07) is 6.13. The summed E-state index contributed by atoms with van der Waals surface area (Å²) >= 11 is 6.00. The van der Waals surface area contributed by atoms with Crippen molar-refractivity contribution in [1.29, 1.82) is 0 Å². The van der Waals surface area contributed by atoms with E-state index >= 15 is 0 Å². The lowest BCUT2D eigenvalue weighted by Gasteiger charge is -2.09. The Morgan fingerprint density at radius 3 is 2.89 bits per heavy atom. The summed E-state index contributed by atoms with van der Waals surface area (Å²) in [6.07, 6.45) is 3.53. The molecule has 6 heteroatoms. The van der Waals surface area contributed by atoms with Crippen LogP contribution in [0.1, 0.15) is 11.4 Å². The third-order valence-electron chi connectivity index (χ3n) is 3.19. The molecular formula is C13H14ClN5. The van der Waals surface area contributed by atoms with E-state index in [-0.39, 0.29) is 0 Å². The number of hydrogen-bond acceptors (Lipinski definition) is 3. The van der Waals surface area contributed by atoms with E-state index in [4.69, 9.17) is 11.6 Å². The highest BCUT2D eigenvalue weighted by Gasteiger charge is 2.11. The maximum Gasteiger partial charge on any atom is 0.124 e. The lowest BCUT2D eigenvalue weighted by atomic mass is 10.2. The molecule has 0 fully saturated rings. The fourth-order valence-electron chi connectivity index (χ4n) is 2.31. The number of fused-ring (bicyclic) bond motifs is 1. The Morgan fingerprint density at radius 1 is 1.26 bits per heavy atom. The highest BCUT2D eigenvalue weighted by atomic mass is 35.5. The first-order valence-electron chi connectivity index (χ1n) is 6.14. The number of aromatic nitrogens is 5. The van der Waals surface area contributed by atoms with Crippen LogP contribution in [0.25, 0.3) is 11.0 Å². The second-order valence-corrected chi connectivity index (χ2v) is 4.69. The fraction of sp³-hybridized carbons (Fsp3) is 0.308. The van der Waals surface area contributed by atoms with E-state index in [9.17, 15) is 0 Å². The van der Waals surface area contributed by atoms with Crippen molar-refractivity contribution in [2.24, 2.45) is 0 Å². The summed E-state index contributed by atoms with van der Waals surface area (Å²) in [7, 11) is 0. The van der Waals surface area contributed by atoms with Crippen LogP contribution >= 0.6 is 11.6 Å². The van der Waals surface area contributed by atoms with Gasteiger partial charge in [-0.3, -0.25) is 4.68 Å². The average Bonchev–Trinajstić information content (AvgIpc) is 3.03. The van der Waals surface area contributed by atoms with Crippen molar-refractivity contribution >= 4 is 22.6 Å². The lowest BCUT2D eigenvalue weighted by Crippen LogP contribution is -2.10. The van der Waals surface area contributed by atoms with Gasteiger partial charge >= 0.3 is 0 Å². The van der Waals surface area contributed by atoms with Crippen molar-refractivity contribution in [3.05, 3.63) is 42.0 Å². The van der Waals surface area contributed by atoms with Crippen LogP contribution in [0.2, 0.25) is 0 Å². The topological polar surface area (TPSA) is 48.5 Å². The van der Waals surface area contributed by atoms with Crippen LogP contribution < -0.4 is 0 Å². The molecule has 0 bridgehead atoms. The summed E-state index contributed by atoms with van der Waals surface area (Å²) in [6.45, 7) is 3.63. The molecule has 0 unspecified atom stereocenters. The van der Waals surface area contributed by atoms with Crippen LogP contribution in [-0.4, -0.2) is 24.5 Å². The van der Waals surface area contributed by atoms with Crippen LogP contribution in [0.4, 0.5) is 0 Å². The third-order valence-corrected chi connectivity index (χ3v) is 3.43. The Labute approximate surface area is 115 Å². The minimum absolute atomic E-state index is 0.408. The van der Waals surface area contributed by atoms with Crippen LogP contribution in [0.3, 0.4) is 0 Å². The second-order valence-electron chi connectivity index (χ2n) is 4.42. The minimum atomic E-state index is 0.408. The zero-order valence-corrected chi connectivity index (χ0v) is 11.4. The molecule has 0 amide bonds. The molecule has 2 aromatic heterocycles. The zero-order valence-electron chi connectivity index (χ0n) is 10.6. The number of aryl methyl sites for hydroxylation is 3. The standard InChI is InChI=1S/C13H14ClN5/c1-10-3-2-4-11-13(10)19(12(9-14)16-11)8-7-18-6-5-15-17-18/h2-6H,7-9H2,1H3. The molecule has 5 nitrogen and oxygen atoms in total. The summed E-state index contributed by atoms with van der Waals surface area (Å²) in [5.41, 5.74) is 3.35. The predicted octanol–water partition coefficient (Wildman–Crippen LogP) is 2.38. The number of nitrogens with zero attached hydrogens (tertiary/aromatic N) is 5. The number of para-hydroxylation sites is 1. The van der Waals surface area contributed by atoms with Gasteiger partial charge < -0.3 is 4.57 Å². The largest absolute Gasteiger partial charge is 0.325 e. The Kier molecular flexibility index (Phi) is 3.21. The van der Waals surface area contributed by atoms with Gasteiger partial charge in [0.1, 0.15) is 5.82 Å². The predicted molar refractivity (Wildman–Crippen MR) is 74.0 cm³/mol. The molecule has 0 atom stereocenters. The molecule has 0 saturated carbocycles. The van der Waals surface area contributed by atoms with E-state index in [1.807, 2.05) is 23.0 Å². The monoisotopic (exact) mass is 275 g/mol. The molecule has 98 valence electrons. The highest BCUT2D eigenvalue weighted by Crippen LogP contribution is 2.21. The number of rotatable bonds is 4. The van der Waals surface area contributed by atoms with Gasteiger partial charge in [-0.2, -0.15) is 0 Å². The molecule has 0 aliphatic carbocycles. The zero-order chi connectivity index (χ0) is 13.2. The number of halogens is 1. The second kappa shape index (κ2) is 5.01. The summed E-state index contributed by atoms with van der Waals surface area (Å²) < 4.78 is 3.97. The number of hydrogen-bond donors (Lipinski definition) is 0. The maximum atomic E-state index is 6.00. The molecule has 3 aromatic rings. The van der Waals surface area contributed by atoms with Gasteiger partial charge in [0.15, 0.2) is 0 Å². The van der Waals surface area contributed by atoms with E-state index in [0.29, 0.717) is 5.88 Å². The molecule has 0 aliphatic heterocycles.